The van der Waals surface area contributed by atoms with E-state index in [9.17, 15) is 4.79 Å². The van der Waals surface area contributed by atoms with Gasteiger partial charge in [-0.2, -0.15) is 0 Å². The van der Waals surface area contributed by atoms with E-state index >= 15 is 0 Å². The maximum atomic E-state index is 12.2. The molecular formula is C14H22N4O. The maximum Gasteiger partial charge on any atom is 0.251 e. The molecule has 1 heterocycles. The van der Waals surface area contributed by atoms with Gasteiger partial charge in [0.05, 0.1) is 0 Å². The fourth-order valence-electron chi connectivity index (χ4n) is 2.78. The number of aromatic nitrogens is 1. The van der Waals surface area contributed by atoms with Gasteiger partial charge in [-0.05, 0) is 43.2 Å². The smallest absolute Gasteiger partial charge is 0.251 e. The first-order valence-corrected chi connectivity index (χ1v) is 6.83. The van der Waals surface area contributed by atoms with E-state index in [0.717, 1.165) is 12.3 Å². The van der Waals surface area contributed by atoms with Gasteiger partial charge in [0.15, 0.2) is 0 Å². The zero-order valence-electron chi connectivity index (χ0n) is 11.5. The fraction of sp³-hybridized carbons (Fsp3) is 0.571. The summed E-state index contributed by atoms with van der Waals surface area (Å²) < 4.78 is 0. The molecule has 0 bridgehead atoms. The largest absolute Gasteiger partial charge is 0.349 e. The van der Waals surface area contributed by atoms with Crippen LogP contribution in [0, 0.1) is 11.8 Å². The number of hydrazine groups is 1. The summed E-state index contributed by atoms with van der Waals surface area (Å²) in [5.41, 5.74) is 3.04. The molecule has 1 aromatic rings. The van der Waals surface area contributed by atoms with Crippen molar-refractivity contribution in [3.8, 4) is 0 Å². The van der Waals surface area contributed by atoms with Crippen LogP contribution in [0.5, 0.6) is 0 Å². The van der Waals surface area contributed by atoms with Crippen molar-refractivity contribution >= 4 is 11.7 Å². The molecule has 1 aromatic heterocycles. The van der Waals surface area contributed by atoms with E-state index in [2.05, 4.69) is 29.6 Å². The third-order valence-electron chi connectivity index (χ3n) is 3.92. The second-order valence-electron chi connectivity index (χ2n) is 5.55. The van der Waals surface area contributed by atoms with E-state index in [1.807, 2.05) is 0 Å². The highest BCUT2D eigenvalue weighted by Crippen LogP contribution is 2.28. The molecule has 1 saturated carbocycles. The van der Waals surface area contributed by atoms with Crippen molar-refractivity contribution in [1.82, 2.24) is 10.3 Å². The van der Waals surface area contributed by atoms with E-state index in [4.69, 9.17) is 5.84 Å². The van der Waals surface area contributed by atoms with E-state index in [1.165, 1.54) is 12.8 Å². The number of nitrogens with one attached hydrogen (secondary N) is 2. The quantitative estimate of drug-likeness (QED) is 0.574. The minimum absolute atomic E-state index is 0.0506. The monoisotopic (exact) mass is 262 g/mol. The van der Waals surface area contributed by atoms with Crippen LogP contribution in [0.25, 0.3) is 0 Å². The highest BCUT2D eigenvalue weighted by Gasteiger charge is 2.26. The van der Waals surface area contributed by atoms with Crippen LogP contribution in [0.15, 0.2) is 18.3 Å². The van der Waals surface area contributed by atoms with E-state index in [1.54, 1.807) is 18.3 Å². The molecule has 1 amide bonds. The molecule has 19 heavy (non-hydrogen) atoms. The van der Waals surface area contributed by atoms with Crippen molar-refractivity contribution in [2.24, 2.45) is 17.7 Å². The summed E-state index contributed by atoms with van der Waals surface area (Å²) in [5, 5.41) is 3.12. The molecule has 104 valence electrons. The van der Waals surface area contributed by atoms with Crippen LogP contribution < -0.4 is 16.6 Å². The van der Waals surface area contributed by atoms with Gasteiger partial charge in [0, 0.05) is 17.8 Å². The summed E-state index contributed by atoms with van der Waals surface area (Å²) in [4.78, 5) is 16.2. The predicted molar refractivity (Wildman–Crippen MR) is 75.5 cm³/mol. The fourth-order valence-corrected chi connectivity index (χ4v) is 2.78. The minimum atomic E-state index is -0.0506. The van der Waals surface area contributed by atoms with Crippen molar-refractivity contribution in [1.29, 1.82) is 0 Å². The average Bonchev–Trinajstić information content (AvgIpc) is 2.42. The van der Waals surface area contributed by atoms with Crippen LogP contribution >= 0.6 is 0 Å². The van der Waals surface area contributed by atoms with E-state index < -0.39 is 0 Å². The molecule has 3 unspecified atom stereocenters. The molecule has 0 radical (unpaired) electrons. The summed E-state index contributed by atoms with van der Waals surface area (Å²) >= 11 is 0. The number of nitrogens with two attached hydrogens (primary N) is 1. The Hall–Kier alpha value is -1.62. The number of nitrogens with zero attached hydrogens (tertiary/aromatic N) is 1. The van der Waals surface area contributed by atoms with Gasteiger partial charge in [0.1, 0.15) is 5.82 Å². The lowest BCUT2D eigenvalue weighted by molar-refractivity contribution is 0.0899. The standard InChI is InChI=1S/C14H22N4O/c1-9-3-4-12(10(2)7-9)17-14(19)11-5-6-16-13(8-11)18-15/h5-6,8-10,12H,3-4,7,15H2,1-2H3,(H,16,18)(H,17,19). The van der Waals surface area contributed by atoms with Crippen LogP contribution in [-0.4, -0.2) is 16.9 Å². The molecule has 0 spiro atoms. The predicted octanol–water partition coefficient (Wildman–Crippen LogP) is 1.92. The zero-order valence-corrected chi connectivity index (χ0v) is 11.5. The Balaban J connectivity index is 2.00. The first-order valence-electron chi connectivity index (χ1n) is 6.83. The van der Waals surface area contributed by atoms with Crippen LogP contribution in [-0.2, 0) is 0 Å². The molecular weight excluding hydrogens is 240 g/mol. The molecule has 1 aliphatic rings. The summed E-state index contributed by atoms with van der Waals surface area (Å²) in [6.07, 6.45) is 5.00. The van der Waals surface area contributed by atoms with Gasteiger partial charge in [0.2, 0.25) is 0 Å². The minimum Gasteiger partial charge on any atom is -0.349 e. The van der Waals surface area contributed by atoms with Crippen LogP contribution in [0.1, 0.15) is 43.5 Å². The first kappa shape index (κ1) is 13.8. The lowest BCUT2D eigenvalue weighted by Crippen LogP contribution is -2.42. The van der Waals surface area contributed by atoms with Gasteiger partial charge in [-0.1, -0.05) is 13.8 Å². The Kier molecular flexibility index (Phi) is 4.37. The van der Waals surface area contributed by atoms with Crippen LogP contribution in [0.4, 0.5) is 5.82 Å². The number of anilines is 1. The van der Waals surface area contributed by atoms with E-state index in [0.29, 0.717) is 17.3 Å². The second-order valence-corrected chi connectivity index (χ2v) is 5.55. The Bertz CT molecular complexity index is 449. The summed E-state index contributed by atoms with van der Waals surface area (Å²) in [7, 11) is 0. The van der Waals surface area contributed by atoms with Crippen molar-refractivity contribution in [2.45, 2.75) is 39.2 Å². The average molecular weight is 262 g/mol. The molecule has 4 N–H and O–H groups in total. The molecule has 3 atom stereocenters. The number of amides is 1. The van der Waals surface area contributed by atoms with Crippen LogP contribution in [0.2, 0.25) is 0 Å². The topological polar surface area (TPSA) is 80.0 Å². The lowest BCUT2D eigenvalue weighted by Gasteiger charge is -2.33. The summed E-state index contributed by atoms with van der Waals surface area (Å²) in [6.45, 7) is 4.48. The van der Waals surface area contributed by atoms with Crippen molar-refractivity contribution in [3.05, 3.63) is 23.9 Å². The Morgan fingerprint density at radius 1 is 1.42 bits per heavy atom. The molecule has 5 nitrogen and oxygen atoms in total. The van der Waals surface area contributed by atoms with Crippen LogP contribution in [0.3, 0.4) is 0 Å². The summed E-state index contributed by atoms with van der Waals surface area (Å²) in [6, 6.07) is 3.63. The van der Waals surface area contributed by atoms with Crippen molar-refractivity contribution in [2.75, 3.05) is 5.43 Å². The SMILES string of the molecule is CC1CCC(NC(=O)c2ccnc(NN)c2)C(C)C1. The Labute approximate surface area is 114 Å². The number of hydrogen-bond acceptors (Lipinski definition) is 4. The van der Waals surface area contributed by atoms with Gasteiger partial charge in [0.25, 0.3) is 5.91 Å². The molecule has 1 aliphatic carbocycles. The van der Waals surface area contributed by atoms with Gasteiger partial charge in [-0.25, -0.2) is 10.8 Å². The molecule has 0 aliphatic heterocycles. The molecule has 5 heteroatoms. The number of pyridine rings is 1. The van der Waals surface area contributed by atoms with Gasteiger partial charge < -0.3 is 10.7 Å². The van der Waals surface area contributed by atoms with Crippen molar-refractivity contribution in [3.63, 3.8) is 0 Å². The number of hydrogen-bond donors (Lipinski definition) is 3. The highest BCUT2D eigenvalue weighted by molar-refractivity contribution is 5.95. The second kappa shape index (κ2) is 6.02. The molecule has 2 rings (SSSR count). The number of rotatable bonds is 3. The normalized spacial score (nSPS) is 26.8. The number of nitrogen functional groups attached to an aromatic ring is 1. The van der Waals surface area contributed by atoms with E-state index in [-0.39, 0.29) is 11.9 Å². The molecule has 0 aromatic carbocycles. The molecule has 0 saturated heterocycles. The zero-order chi connectivity index (χ0) is 13.8. The number of carbonyl (C=O) groups is 1. The Morgan fingerprint density at radius 3 is 2.89 bits per heavy atom. The van der Waals surface area contributed by atoms with Gasteiger partial charge in [-0.3, -0.25) is 4.79 Å². The third-order valence-corrected chi connectivity index (χ3v) is 3.92. The summed E-state index contributed by atoms with van der Waals surface area (Å²) in [5.74, 6) is 7.03. The molecule has 1 fully saturated rings. The van der Waals surface area contributed by atoms with Gasteiger partial charge in [-0.15, -0.1) is 0 Å². The third kappa shape index (κ3) is 3.44. The maximum absolute atomic E-state index is 12.2. The van der Waals surface area contributed by atoms with Crippen molar-refractivity contribution < 1.29 is 4.79 Å². The highest BCUT2D eigenvalue weighted by atomic mass is 16.1. The lowest BCUT2D eigenvalue weighted by atomic mass is 9.80. The Morgan fingerprint density at radius 2 is 2.21 bits per heavy atom. The number of carbonyl (C=O) groups excluding carboxylic acids is 1. The first-order chi connectivity index (χ1) is 9.10. The van der Waals surface area contributed by atoms with Gasteiger partial charge >= 0.3 is 0 Å².